The van der Waals surface area contributed by atoms with Gasteiger partial charge in [0.25, 0.3) is 5.91 Å². The van der Waals surface area contributed by atoms with E-state index in [2.05, 4.69) is 5.32 Å². The summed E-state index contributed by atoms with van der Waals surface area (Å²) in [6.45, 7) is 4.87. The summed E-state index contributed by atoms with van der Waals surface area (Å²) in [5, 5.41) is 3.20. The van der Waals surface area contributed by atoms with Crippen molar-refractivity contribution >= 4 is 28.3 Å². The third kappa shape index (κ3) is 4.70. The quantitative estimate of drug-likeness (QED) is 0.406. The van der Waals surface area contributed by atoms with Crippen molar-refractivity contribution in [2.75, 3.05) is 5.32 Å². The first-order chi connectivity index (χ1) is 15.8. The van der Waals surface area contributed by atoms with Gasteiger partial charge < -0.3 is 14.5 Å². The molecule has 1 atom stereocenters. The highest BCUT2D eigenvalue weighted by molar-refractivity contribution is 5.96. The van der Waals surface area contributed by atoms with Crippen molar-refractivity contribution in [2.45, 2.75) is 26.9 Å². The van der Waals surface area contributed by atoms with E-state index in [1.807, 2.05) is 30.3 Å². The molecule has 0 aliphatic carbocycles. The third-order valence-electron chi connectivity index (χ3n) is 5.34. The summed E-state index contributed by atoms with van der Waals surface area (Å²) in [6, 6.07) is 20.9. The number of aryl methyl sites for hydroxylation is 1. The molecular formula is C27H23NO5. The molecule has 1 N–H and O–H groups in total. The molecule has 166 valence electrons. The largest absolute Gasteiger partial charge is 0.481 e. The molecular weight excluding hydrogens is 418 g/mol. The van der Waals surface area contributed by atoms with Gasteiger partial charge in [0, 0.05) is 17.3 Å². The number of ether oxygens (including phenoxy) is 1. The molecule has 0 radical (unpaired) electrons. The second-order valence-electron chi connectivity index (χ2n) is 7.77. The van der Waals surface area contributed by atoms with Crippen LogP contribution in [0, 0.1) is 6.92 Å². The molecule has 0 fully saturated rings. The smallest absolute Gasteiger partial charge is 0.265 e. The van der Waals surface area contributed by atoms with Gasteiger partial charge in [0.05, 0.1) is 10.9 Å². The second kappa shape index (κ2) is 9.12. The van der Waals surface area contributed by atoms with Crippen molar-refractivity contribution in [3.05, 3.63) is 94.3 Å². The van der Waals surface area contributed by atoms with Crippen LogP contribution in [-0.2, 0) is 4.79 Å². The average Bonchev–Trinajstić information content (AvgIpc) is 2.80. The van der Waals surface area contributed by atoms with E-state index >= 15 is 0 Å². The Kier molecular flexibility index (Phi) is 6.09. The Hall–Kier alpha value is -4.19. The summed E-state index contributed by atoms with van der Waals surface area (Å²) in [5.74, 6) is 0.532. The van der Waals surface area contributed by atoms with Crippen molar-refractivity contribution in [1.29, 1.82) is 0 Å². The van der Waals surface area contributed by atoms with Gasteiger partial charge in [-0.2, -0.15) is 0 Å². The predicted molar refractivity (Wildman–Crippen MR) is 128 cm³/mol. The van der Waals surface area contributed by atoms with E-state index in [9.17, 15) is 14.4 Å². The topological polar surface area (TPSA) is 85.6 Å². The van der Waals surface area contributed by atoms with Crippen LogP contribution >= 0.6 is 0 Å². The van der Waals surface area contributed by atoms with Crippen molar-refractivity contribution < 1.29 is 18.7 Å². The molecule has 1 aromatic heterocycles. The summed E-state index contributed by atoms with van der Waals surface area (Å²) < 4.78 is 11.7. The minimum absolute atomic E-state index is 0.0429. The van der Waals surface area contributed by atoms with Crippen LogP contribution in [0.15, 0.2) is 82.0 Å². The Labute approximate surface area is 190 Å². The monoisotopic (exact) mass is 441 g/mol. The summed E-state index contributed by atoms with van der Waals surface area (Å²) in [5.41, 5.74) is 2.73. The van der Waals surface area contributed by atoms with Crippen molar-refractivity contribution in [2.24, 2.45) is 0 Å². The second-order valence-corrected chi connectivity index (χ2v) is 7.77. The van der Waals surface area contributed by atoms with Gasteiger partial charge in [0.2, 0.25) is 5.43 Å². The summed E-state index contributed by atoms with van der Waals surface area (Å²) >= 11 is 0. The first-order valence-corrected chi connectivity index (χ1v) is 10.5. The van der Waals surface area contributed by atoms with Crippen LogP contribution in [0.1, 0.15) is 30.0 Å². The molecule has 6 nitrogen and oxygen atoms in total. The Balaban J connectivity index is 1.53. The summed E-state index contributed by atoms with van der Waals surface area (Å²) in [6.07, 6.45) is -0.800. The van der Waals surface area contributed by atoms with Crippen LogP contribution in [-0.4, -0.2) is 17.8 Å². The SMILES string of the molecule is CC(=O)c1ccc(NC(=O)C(C)Oc2ccc3c(=O)c(-c4ccccc4)c(C)oc3c2)cc1. The zero-order valence-electron chi connectivity index (χ0n) is 18.5. The van der Waals surface area contributed by atoms with E-state index in [1.165, 1.54) is 6.92 Å². The number of ketones is 1. The van der Waals surface area contributed by atoms with E-state index in [-0.39, 0.29) is 17.1 Å². The van der Waals surface area contributed by atoms with Crippen LogP contribution in [0.4, 0.5) is 5.69 Å². The Morgan fingerprint density at radius 2 is 1.67 bits per heavy atom. The fourth-order valence-electron chi connectivity index (χ4n) is 3.59. The molecule has 6 heteroatoms. The Morgan fingerprint density at radius 3 is 2.33 bits per heavy atom. The molecule has 1 amide bonds. The highest BCUT2D eigenvalue weighted by Gasteiger charge is 2.17. The minimum atomic E-state index is -0.800. The lowest BCUT2D eigenvalue weighted by atomic mass is 10.0. The fraction of sp³-hybridized carbons (Fsp3) is 0.148. The normalized spacial score (nSPS) is 11.7. The maximum absolute atomic E-state index is 13.1. The van der Waals surface area contributed by atoms with Gasteiger partial charge in [0.1, 0.15) is 17.1 Å². The third-order valence-corrected chi connectivity index (χ3v) is 5.34. The molecule has 4 aromatic rings. The number of rotatable bonds is 6. The van der Waals surface area contributed by atoms with Gasteiger partial charge in [-0.25, -0.2) is 0 Å². The molecule has 0 bridgehead atoms. The Bertz CT molecular complexity index is 1390. The van der Waals surface area contributed by atoms with Gasteiger partial charge in [-0.3, -0.25) is 14.4 Å². The van der Waals surface area contributed by atoms with Crippen LogP contribution in [0.2, 0.25) is 0 Å². The molecule has 33 heavy (non-hydrogen) atoms. The van der Waals surface area contributed by atoms with Gasteiger partial charge in [-0.1, -0.05) is 30.3 Å². The van der Waals surface area contributed by atoms with Crippen molar-refractivity contribution in [3.63, 3.8) is 0 Å². The summed E-state index contributed by atoms with van der Waals surface area (Å²) in [7, 11) is 0. The number of benzene rings is 3. The summed E-state index contributed by atoms with van der Waals surface area (Å²) in [4.78, 5) is 37.0. The molecule has 0 aliphatic heterocycles. The maximum atomic E-state index is 13.1. The van der Waals surface area contributed by atoms with Gasteiger partial charge in [-0.05, 0) is 62.7 Å². The lowest BCUT2D eigenvalue weighted by molar-refractivity contribution is -0.122. The number of nitrogens with one attached hydrogen (secondary N) is 1. The van der Waals surface area contributed by atoms with Crippen molar-refractivity contribution in [1.82, 2.24) is 0 Å². The van der Waals surface area contributed by atoms with E-state index in [1.54, 1.807) is 56.3 Å². The molecule has 1 heterocycles. The molecule has 0 saturated carbocycles. The minimum Gasteiger partial charge on any atom is -0.481 e. The van der Waals surface area contributed by atoms with E-state index in [0.29, 0.717) is 39.3 Å². The molecule has 1 unspecified atom stereocenters. The first kappa shape index (κ1) is 22.0. The van der Waals surface area contributed by atoms with Crippen LogP contribution in [0.25, 0.3) is 22.1 Å². The first-order valence-electron chi connectivity index (χ1n) is 10.5. The van der Waals surface area contributed by atoms with Crippen LogP contribution < -0.4 is 15.5 Å². The highest BCUT2D eigenvalue weighted by atomic mass is 16.5. The lowest BCUT2D eigenvalue weighted by Crippen LogP contribution is -2.30. The molecule has 0 saturated heterocycles. The number of Topliss-reactive ketones (excluding diaryl/α,β-unsaturated/α-hetero) is 1. The molecule has 0 spiro atoms. The van der Waals surface area contributed by atoms with Crippen molar-refractivity contribution in [3.8, 4) is 16.9 Å². The van der Waals surface area contributed by atoms with Gasteiger partial charge in [0.15, 0.2) is 11.9 Å². The number of carbonyl (C=O) groups is 2. The fourth-order valence-corrected chi connectivity index (χ4v) is 3.59. The number of anilines is 1. The number of amides is 1. The lowest BCUT2D eigenvalue weighted by Gasteiger charge is -2.15. The molecule has 3 aromatic carbocycles. The number of hydrogen-bond donors (Lipinski definition) is 1. The van der Waals surface area contributed by atoms with E-state index in [4.69, 9.17) is 9.15 Å². The molecule has 4 rings (SSSR count). The molecule has 0 aliphatic rings. The van der Waals surface area contributed by atoms with E-state index < -0.39 is 6.10 Å². The van der Waals surface area contributed by atoms with Crippen LogP contribution in [0.3, 0.4) is 0 Å². The standard InChI is InChI=1S/C27H23NO5/c1-16(29)19-9-11-21(12-10-19)28-27(31)18(3)32-22-13-14-23-24(15-22)33-17(2)25(26(23)30)20-7-5-4-6-8-20/h4-15,18H,1-3H3,(H,28,31). The predicted octanol–water partition coefficient (Wildman–Crippen LogP) is 5.38. The zero-order valence-corrected chi connectivity index (χ0v) is 18.5. The number of fused-ring (bicyclic) bond motifs is 1. The maximum Gasteiger partial charge on any atom is 0.265 e. The Morgan fingerprint density at radius 1 is 0.970 bits per heavy atom. The zero-order chi connectivity index (χ0) is 23.5. The van der Waals surface area contributed by atoms with E-state index in [0.717, 1.165) is 5.56 Å². The number of hydrogen-bond acceptors (Lipinski definition) is 5. The average molecular weight is 441 g/mol. The van der Waals surface area contributed by atoms with Gasteiger partial charge >= 0.3 is 0 Å². The van der Waals surface area contributed by atoms with Crippen LogP contribution in [0.5, 0.6) is 5.75 Å². The number of carbonyl (C=O) groups excluding carboxylic acids is 2. The van der Waals surface area contributed by atoms with Gasteiger partial charge in [-0.15, -0.1) is 0 Å². The highest BCUT2D eigenvalue weighted by Crippen LogP contribution is 2.26.